The summed E-state index contributed by atoms with van der Waals surface area (Å²) in [5.74, 6) is 1.00. The van der Waals surface area contributed by atoms with E-state index >= 15 is 0 Å². The molecule has 0 saturated heterocycles. The summed E-state index contributed by atoms with van der Waals surface area (Å²) in [5.41, 5.74) is 1.88. The summed E-state index contributed by atoms with van der Waals surface area (Å²) in [6.45, 7) is 0.346. The van der Waals surface area contributed by atoms with Crippen molar-refractivity contribution >= 4 is 22.9 Å². The lowest BCUT2D eigenvalue weighted by molar-refractivity contribution is -0.116. The zero-order chi connectivity index (χ0) is 19.9. The summed E-state index contributed by atoms with van der Waals surface area (Å²) >= 11 is 0. The summed E-state index contributed by atoms with van der Waals surface area (Å²) in [6.07, 6.45) is 3.62. The molecule has 1 amide bonds. The Balaban J connectivity index is 1.70. The van der Waals surface area contributed by atoms with E-state index in [2.05, 4.69) is 10.3 Å². The van der Waals surface area contributed by atoms with Crippen molar-refractivity contribution in [1.29, 1.82) is 0 Å². The van der Waals surface area contributed by atoms with Gasteiger partial charge in [-0.3, -0.25) is 9.59 Å². The summed E-state index contributed by atoms with van der Waals surface area (Å²) in [5, 5.41) is 3.55. The lowest BCUT2D eigenvalue weighted by atomic mass is 10.1. The van der Waals surface area contributed by atoms with Gasteiger partial charge in [-0.1, -0.05) is 30.3 Å². The number of carbonyl (C=O) groups is 1. The van der Waals surface area contributed by atoms with Gasteiger partial charge in [0.05, 0.1) is 19.7 Å². The quantitative estimate of drug-likeness (QED) is 0.620. The second kappa shape index (κ2) is 8.90. The zero-order valence-electron chi connectivity index (χ0n) is 15.8. The van der Waals surface area contributed by atoms with Gasteiger partial charge in [-0.25, -0.2) is 0 Å². The predicted octanol–water partition coefficient (Wildman–Crippen LogP) is 2.92. The summed E-state index contributed by atoms with van der Waals surface area (Å²) in [4.78, 5) is 27.2. The highest BCUT2D eigenvalue weighted by Gasteiger charge is 2.11. The Labute approximate surface area is 162 Å². The predicted molar refractivity (Wildman–Crippen MR) is 110 cm³/mol. The highest BCUT2D eigenvalue weighted by molar-refractivity contribution is 5.92. The highest BCUT2D eigenvalue weighted by atomic mass is 16.5. The molecule has 28 heavy (non-hydrogen) atoms. The van der Waals surface area contributed by atoms with Crippen LogP contribution in [-0.2, 0) is 11.2 Å². The van der Waals surface area contributed by atoms with Crippen LogP contribution in [0.1, 0.15) is 11.1 Å². The van der Waals surface area contributed by atoms with E-state index in [0.717, 1.165) is 10.9 Å². The molecule has 3 aromatic rings. The van der Waals surface area contributed by atoms with Crippen LogP contribution in [0, 0.1) is 0 Å². The van der Waals surface area contributed by atoms with E-state index < -0.39 is 0 Å². The van der Waals surface area contributed by atoms with Crippen LogP contribution in [-0.4, -0.2) is 31.7 Å². The number of hydrogen-bond donors (Lipinski definition) is 2. The monoisotopic (exact) mass is 378 g/mol. The van der Waals surface area contributed by atoms with E-state index in [1.54, 1.807) is 38.5 Å². The van der Waals surface area contributed by atoms with Gasteiger partial charge in [-0.05, 0) is 36.3 Å². The molecule has 1 aromatic heterocycles. The van der Waals surface area contributed by atoms with Crippen LogP contribution in [0.15, 0.2) is 59.4 Å². The van der Waals surface area contributed by atoms with Gasteiger partial charge in [-0.15, -0.1) is 0 Å². The maximum Gasteiger partial charge on any atom is 0.251 e. The molecule has 6 heteroatoms. The van der Waals surface area contributed by atoms with E-state index in [1.807, 2.05) is 30.3 Å². The number of amides is 1. The number of fused-ring (bicyclic) bond motifs is 1. The van der Waals surface area contributed by atoms with E-state index in [1.165, 1.54) is 6.08 Å². The number of methoxy groups -OCH3 is 2. The van der Waals surface area contributed by atoms with Crippen LogP contribution in [0.2, 0.25) is 0 Å². The molecule has 6 nitrogen and oxygen atoms in total. The molecule has 0 aliphatic carbocycles. The summed E-state index contributed by atoms with van der Waals surface area (Å²) in [7, 11) is 3.12. The number of aromatic nitrogens is 1. The van der Waals surface area contributed by atoms with Crippen LogP contribution in [0.3, 0.4) is 0 Å². The number of ether oxygens (including phenoxy) is 2. The normalized spacial score (nSPS) is 10.9. The summed E-state index contributed by atoms with van der Waals surface area (Å²) < 4.78 is 10.7. The SMILES string of the molecule is COc1ccc(OC)c2[nH]c(=O)c(CCNC(=O)/C=C\c3ccccc3)cc12. The molecule has 0 aliphatic heterocycles. The molecular formula is C22H22N2O4. The number of aromatic amines is 1. The number of nitrogens with one attached hydrogen (secondary N) is 2. The molecule has 2 aromatic carbocycles. The summed E-state index contributed by atoms with van der Waals surface area (Å²) in [6, 6.07) is 14.9. The Morgan fingerprint density at radius 3 is 2.50 bits per heavy atom. The first-order chi connectivity index (χ1) is 13.6. The maximum absolute atomic E-state index is 12.4. The van der Waals surface area contributed by atoms with Crippen molar-refractivity contribution in [2.24, 2.45) is 0 Å². The minimum atomic E-state index is -0.215. The van der Waals surface area contributed by atoms with Crippen LogP contribution in [0.4, 0.5) is 0 Å². The van der Waals surface area contributed by atoms with Crippen LogP contribution >= 0.6 is 0 Å². The van der Waals surface area contributed by atoms with Crippen molar-refractivity contribution in [3.8, 4) is 11.5 Å². The third-order valence-corrected chi connectivity index (χ3v) is 4.38. The second-order valence-electron chi connectivity index (χ2n) is 6.17. The number of carbonyl (C=O) groups excluding carboxylic acids is 1. The van der Waals surface area contributed by atoms with E-state index in [-0.39, 0.29) is 11.5 Å². The maximum atomic E-state index is 12.4. The number of H-pyrrole nitrogens is 1. The molecule has 0 aliphatic rings. The first kappa shape index (κ1) is 19.2. The standard InChI is InChI=1S/C22H22N2O4/c1-27-18-9-10-19(28-2)21-17(18)14-16(22(26)24-21)12-13-23-20(25)11-8-15-6-4-3-5-7-15/h3-11,14H,12-13H2,1-2H3,(H,23,25)(H,24,26)/b11-8-. The van der Waals surface area contributed by atoms with Gasteiger partial charge in [0.2, 0.25) is 5.91 Å². The molecule has 0 fully saturated rings. The first-order valence-corrected chi connectivity index (χ1v) is 8.90. The van der Waals surface area contributed by atoms with E-state index in [9.17, 15) is 9.59 Å². The van der Waals surface area contributed by atoms with Crippen molar-refractivity contribution in [3.63, 3.8) is 0 Å². The van der Waals surface area contributed by atoms with Crippen molar-refractivity contribution in [2.45, 2.75) is 6.42 Å². The second-order valence-corrected chi connectivity index (χ2v) is 6.17. The number of benzene rings is 2. The van der Waals surface area contributed by atoms with Crippen LogP contribution < -0.4 is 20.3 Å². The molecule has 144 valence electrons. The Morgan fingerprint density at radius 2 is 1.79 bits per heavy atom. The van der Waals surface area contributed by atoms with Gasteiger partial charge < -0.3 is 19.8 Å². The minimum absolute atomic E-state index is 0.208. The Kier molecular flexibility index (Phi) is 6.11. The molecule has 2 N–H and O–H groups in total. The molecule has 0 unspecified atom stereocenters. The zero-order valence-corrected chi connectivity index (χ0v) is 15.8. The molecule has 0 radical (unpaired) electrons. The molecular weight excluding hydrogens is 356 g/mol. The Bertz CT molecular complexity index is 1060. The van der Waals surface area contributed by atoms with E-state index in [0.29, 0.717) is 35.5 Å². The first-order valence-electron chi connectivity index (χ1n) is 8.90. The van der Waals surface area contributed by atoms with Crippen molar-refractivity contribution < 1.29 is 14.3 Å². The van der Waals surface area contributed by atoms with E-state index in [4.69, 9.17) is 9.47 Å². The smallest absolute Gasteiger partial charge is 0.251 e. The Hall–Kier alpha value is -3.54. The minimum Gasteiger partial charge on any atom is -0.496 e. The Morgan fingerprint density at radius 1 is 1.07 bits per heavy atom. The van der Waals surface area contributed by atoms with Crippen molar-refractivity contribution in [1.82, 2.24) is 10.3 Å². The fourth-order valence-electron chi connectivity index (χ4n) is 2.94. The fourth-order valence-corrected chi connectivity index (χ4v) is 2.94. The third kappa shape index (κ3) is 4.40. The third-order valence-electron chi connectivity index (χ3n) is 4.38. The van der Waals surface area contributed by atoms with Gasteiger partial charge >= 0.3 is 0 Å². The lowest BCUT2D eigenvalue weighted by Crippen LogP contribution is -2.25. The molecule has 0 bridgehead atoms. The number of hydrogen-bond acceptors (Lipinski definition) is 4. The topological polar surface area (TPSA) is 80.4 Å². The average Bonchev–Trinajstić information content (AvgIpc) is 2.72. The highest BCUT2D eigenvalue weighted by Crippen LogP contribution is 2.31. The number of rotatable bonds is 7. The van der Waals surface area contributed by atoms with Crippen LogP contribution in [0.25, 0.3) is 17.0 Å². The van der Waals surface area contributed by atoms with Crippen molar-refractivity contribution in [2.75, 3.05) is 20.8 Å². The van der Waals surface area contributed by atoms with Crippen molar-refractivity contribution in [3.05, 3.63) is 76.1 Å². The fraction of sp³-hybridized carbons (Fsp3) is 0.182. The van der Waals surface area contributed by atoms with Gasteiger partial charge in [0.15, 0.2) is 0 Å². The molecule has 1 heterocycles. The molecule has 0 spiro atoms. The molecule has 3 rings (SSSR count). The van der Waals surface area contributed by atoms with Gasteiger partial charge in [0.25, 0.3) is 5.56 Å². The van der Waals surface area contributed by atoms with Crippen LogP contribution in [0.5, 0.6) is 11.5 Å². The van der Waals surface area contributed by atoms with Gasteiger partial charge in [0.1, 0.15) is 11.5 Å². The van der Waals surface area contributed by atoms with Gasteiger partial charge in [-0.2, -0.15) is 0 Å². The lowest BCUT2D eigenvalue weighted by Gasteiger charge is -2.11. The average molecular weight is 378 g/mol. The molecule has 0 saturated carbocycles. The van der Waals surface area contributed by atoms with Gasteiger partial charge in [0, 0.05) is 23.6 Å². The largest absolute Gasteiger partial charge is 0.496 e. The number of pyridine rings is 1. The molecule has 0 atom stereocenters.